The van der Waals surface area contributed by atoms with Crippen LogP contribution in [0.3, 0.4) is 0 Å². The second-order valence-corrected chi connectivity index (χ2v) is 9.32. The van der Waals surface area contributed by atoms with E-state index in [9.17, 15) is 13.2 Å². The van der Waals surface area contributed by atoms with Crippen LogP contribution in [0.25, 0.3) is 0 Å². The van der Waals surface area contributed by atoms with Gasteiger partial charge in [-0.15, -0.1) is 11.3 Å². The fourth-order valence-corrected chi connectivity index (χ4v) is 4.82. The van der Waals surface area contributed by atoms with E-state index in [2.05, 4.69) is 10.0 Å². The minimum Gasteiger partial charge on any atom is -0.345 e. The Morgan fingerprint density at radius 2 is 1.71 bits per heavy atom. The zero-order valence-corrected chi connectivity index (χ0v) is 17.3. The van der Waals surface area contributed by atoms with Crippen LogP contribution in [0.15, 0.2) is 70.3 Å². The maximum atomic E-state index is 12.6. The van der Waals surface area contributed by atoms with E-state index in [0.29, 0.717) is 11.3 Å². The van der Waals surface area contributed by atoms with Gasteiger partial charge in [0.1, 0.15) is 4.21 Å². The minimum absolute atomic E-state index is 0.0786. The average molecular weight is 415 g/mol. The maximum absolute atomic E-state index is 12.6. The van der Waals surface area contributed by atoms with Crippen molar-refractivity contribution in [2.75, 3.05) is 4.72 Å². The zero-order valence-electron chi connectivity index (χ0n) is 15.7. The molecule has 0 saturated carbocycles. The van der Waals surface area contributed by atoms with E-state index in [1.165, 1.54) is 5.56 Å². The van der Waals surface area contributed by atoms with Crippen molar-refractivity contribution in [3.63, 3.8) is 0 Å². The summed E-state index contributed by atoms with van der Waals surface area (Å²) >= 11 is 1.15. The third-order valence-corrected chi connectivity index (χ3v) is 7.13. The molecule has 0 aliphatic heterocycles. The van der Waals surface area contributed by atoms with Crippen molar-refractivity contribution in [2.45, 2.75) is 30.5 Å². The highest BCUT2D eigenvalue weighted by atomic mass is 32.2. The Balaban J connectivity index is 1.68. The van der Waals surface area contributed by atoms with Gasteiger partial charge >= 0.3 is 0 Å². The lowest BCUT2D eigenvalue weighted by Crippen LogP contribution is -2.28. The molecule has 0 fully saturated rings. The Morgan fingerprint density at radius 3 is 2.29 bits per heavy atom. The molecule has 0 saturated heterocycles. The first kappa shape index (κ1) is 20.1. The summed E-state index contributed by atoms with van der Waals surface area (Å²) in [7, 11) is -3.60. The summed E-state index contributed by atoms with van der Waals surface area (Å²) in [5.74, 6) is -0.194. The number of hydrogen-bond acceptors (Lipinski definition) is 4. The van der Waals surface area contributed by atoms with E-state index in [0.717, 1.165) is 23.3 Å². The molecule has 1 unspecified atom stereocenters. The van der Waals surface area contributed by atoms with Crippen molar-refractivity contribution >= 4 is 33.0 Å². The highest BCUT2D eigenvalue weighted by molar-refractivity contribution is 7.94. The van der Waals surface area contributed by atoms with Crippen LogP contribution in [0.1, 0.15) is 40.9 Å². The molecule has 3 aromatic rings. The molecule has 5 nitrogen and oxygen atoms in total. The molecule has 0 bridgehead atoms. The molecule has 1 aromatic heterocycles. The first-order valence-corrected chi connectivity index (χ1v) is 11.3. The number of rotatable bonds is 7. The van der Waals surface area contributed by atoms with Crippen LogP contribution in [-0.4, -0.2) is 14.3 Å². The molecule has 1 heterocycles. The SMILES string of the molecule is CCC(NC(=O)c1ccc(NS(=O)(=O)c2cccs2)cc1)c1ccc(C)cc1. The first-order chi connectivity index (χ1) is 13.4. The summed E-state index contributed by atoms with van der Waals surface area (Å²) < 4.78 is 27.3. The summed E-state index contributed by atoms with van der Waals surface area (Å²) in [4.78, 5) is 12.6. The van der Waals surface area contributed by atoms with E-state index in [-0.39, 0.29) is 16.2 Å². The largest absolute Gasteiger partial charge is 0.345 e. The van der Waals surface area contributed by atoms with Gasteiger partial charge in [-0.2, -0.15) is 0 Å². The Bertz CT molecular complexity index is 1030. The van der Waals surface area contributed by atoms with Gasteiger partial charge in [0.15, 0.2) is 0 Å². The van der Waals surface area contributed by atoms with Crippen LogP contribution < -0.4 is 10.0 Å². The topological polar surface area (TPSA) is 75.3 Å². The normalized spacial score (nSPS) is 12.4. The second kappa shape index (κ2) is 8.58. The lowest BCUT2D eigenvalue weighted by atomic mass is 10.0. The summed E-state index contributed by atoms with van der Waals surface area (Å²) in [6.07, 6.45) is 0.771. The summed E-state index contributed by atoms with van der Waals surface area (Å²) in [5, 5.41) is 4.74. The van der Waals surface area contributed by atoms with Gasteiger partial charge in [0.2, 0.25) is 0 Å². The monoisotopic (exact) mass is 414 g/mol. The van der Waals surface area contributed by atoms with E-state index in [4.69, 9.17) is 0 Å². The van der Waals surface area contributed by atoms with Crippen molar-refractivity contribution in [1.82, 2.24) is 5.32 Å². The number of hydrogen-bond donors (Lipinski definition) is 2. The van der Waals surface area contributed by atoms with Crippen LogP contribution in [0.5, 0.6) is 0 Å². The molecule has 3 rings (SSSR count). The summed E-state index contributed by atoms with van der Waals surface area (Å²) in [6, 6.07) is 17.7. The lowest BCUT2D eigenvalue weighted by molar-refractivity contribution is 0.0935. The van der Waals surface area contributed by atoms with Gasteiger partial charge in [0, 0.05) is 11.3 Å². The number of amides is 1. The third-order valence-electron chi connectivity index (χ3n) is 4.35. The maximum Gasteiger partial charge on any atom is 0.271 e. The van der Waals surface area contributed by atoms with Crippen molar-refractivity contribution < 1.29 is 13.2 Å². The van der Waals surface area contributed by atoms with E-state index >= 15 is 0 Å². The molecule has 146 valence electrons. The number of carbonyl (C=O) groups excluding carboxylic acids is 1. The molecule has 1 amide bonds. The predicted octanol–water partition coefficient (Wildman–Crippen LogP) is 4.74. The van der Waals surface area contributed by atoms with Crippen molar-refractivity contribution in [3.05, 3.63) is 82.7 Å². The fourth-order valence-electron chi connectivity index (χ4n) is 2.77. The number of benzene rings is 2. The second-order valence-electron chi connectivity index (χ2n) is 6.46. The molecular weight excluding hydrogens is 392 g/mol. The minimum atomic E-state index is -3.60. The molecule has 7 heteroatoms. The van der Waals surface area contributed by atoms with Gasteiger partial charge in [-0.25, -0.2) is 8.42 Å². The van der Waals surface area contributed by atoms with E-state index in [1.54, 1.807) is 41.8 Å². The van der Waals surface area contributed by atoms with Crippen LogP contribution in [0.2, 0.25) is 0 Å². The number of aryl methyl sites for hydroxylation is 1. The molecular formula is C21H22N2O3S2. The van der Waals surface area contributed by atoms with Gasteiger partial charge < -0.3 is 5.32 Å². The quantitative estimate of drug-likeness (QED) is 0.586. The highest BCUT2D eigenvalue weighted by Crippen LogP contribution is 2.21. The first-order valence-electron chi connectivity index (χ1n) is 8.93. The average Bonchev–Trinajstić information content (AvgIpc) is 3.23. The number of anilines is 1. The fraction of sp³-hybridized carbons (Fsp3) is 0.190. The Labute approximate surface area is 169 Å². The molecule has 2 N–H and O–H groups in total. The third kappa shape index (κ3) is 4.79. The van der Waals surface area contributed by atoms with Crippen LogP contribution in [0.4, 0.5) is 5.69 Å². The predicted molar refractivity (Wildman–Crippen MR) is 113 cm³/mol. The van der Waals surface area contributed by atoms with Crippen molar-refractivity contribution in [3.8, 4) is 0 Å². The Hall–Kier alpha value is -2.64. The van der Waals surface area contributed by atoms with Crippen LogP contribution in [-0.2, 0) is 10.0 Å². The van der Waals surface area contributed by atoms with Gasteiger partial charge in [0.25, 0.3) is 15.9 Å². The summed E-state index contributed by atoms with van der Waals surface area (Å²) in [6.45, 7) is 4.05. The molecule has 0 aliphatic rings. The zero-order chi connectivity index (χ0) is 20.1. The number of nitrogens with one attached hydrogen (secondary N) is 2. The van der Waals surface area contributed by atoms with E-state index in [1.807, 2.05) is 38.1 Å². The molecule has 28 heavy (non-hydrogen) atoms. The van der Waals surface area contributed by atoms with Crippen LogP contribution >= 0.6 is 11.3 Å². The number of sulfonamides is 1. The van der Waals surface area contributed by atoms with Crippen LogP contribution in [0, 0.1) is 6.92 Å². The highest BCUT2D eigenvalue weighted by Gasteiger charge is 2.17. The smallest absolute Gasteiger partial charge is 0.271 e. The van der Waals surface area contributed by atoms with Gasteiger partial charge in [-0.1, -0.05) is 42.8 Å². The van der Waals surface area contributed by atoms with Crippen molar-refractivity contribution in [2.24, 2.45) is 0 Å². The molecule has 0 radical (unpaired) electrons. The molecule has 0 spiro atoms. The standard InChI is InChI=1S/C21H22N2O3S2/c1-3-19(16-8-6-15(2)7-9-16)22-21(24)17-10-12-18(13-11-17)23-28(25,26)20-5-4-14-27-20/h4-14,19,23H,3H2,1-2H3,(H,22,24). The molecule has 0 aliphatic carbocycles. The van der Waals surface area contributed by atoms with Gasteiger partial charge in [-0.3, -0.25) is 9.52 Å². The van der Waals surface area contributed by atoms with Crippen molar-refractivity contribution in [1.29, 1.82) is 0 Å². The summed E-state index contributed by atoms with van der Waals surface area (Å²) in [5.41, 5.74) is 3.12. The Kier molecular flexibility index (Phi) is 6.16. The molecule has 2 aromatic carbocycles. The lowest BCUT2D eigenvalue weighted by Gasteiger charge is -2.18. The van der Waals surface area contributed by atoms with E-state index < -0.39 is 10.0 Å². The Morgan fingerprint density at radius 1 is 1.04 bits per heavy atom. The van der Waals surface area contributed by atoms with Gasteiger partial charge in [-0.05, 0) is 54.6 Å². The van der Waals surface area contributed by atoms with Gasteiger partial charge in [0.05, 0.1) is 6.04 Å². The number of thiophene rings is 1. The number of carbonyl (C=O) groups is 1. The molecule has 1 atom stereocenters.